The molecule has 1 unspecified atom stereocenters. The molecule has 0 saturated carbocycles. The summed E-state index contributed by atoms with van der Waals surface area (Å²) in [5, 5.41) is 0. The van der Waals surface area contributed by atoms with Crippen LogP contribution in [0.5, 0.6) is 0 Å². The number of nitrogens with one attached hydrogen (secondary N) is 1. The molecule has 0 amide bonds. The number of ether oxygens (including phenoxy) is 1. The van der Waals surface area contributed by atoms with Crippen molar-refractivity contribution in [2.24, 2.45) is 0 Å². The minimum atomic E-state index is -3.77. The molecule has 0 heterocycles. The number of hydrogen-bond donors (Lipinski definition) is 1. The maximum absolute atomic E-state index is 12.1. The summed E-state index contributed by atoms with van der Waals surface area (Å²) in [5.74, 6) is -0.652. The van der Waals surface area contributed by atoms with Gasteiger partial charge in [0.05, 0.1) is 12.0 Å². The Labute approximate surface area is 120 Å². The van der Waals surface area contributed by atoms with Crippen LogP contribution in [0.1, 0.15) is 6.42 Å². The largest absolute Gasteiger partial charge is 0.468 e. The second-order valence-corrected chi connectivity index (χ2v) is 6.30. The molecule has 1 rings (SSSR count). The van der Waals surface area contributed by atoms with Crippen LogP contribution in [0, 0.1) is 0 Å². The van der Waals surface area contributed by atoms with Crippen molar-refractivity contribution in [3.05, 3.63) is 41.4 Å². The van der Waals surface area contributed by atoms with E-state index in [4.69, 9.17) is 0 Å². The summed E-state index contributed by atoms with van der Waals surface area (Å²) in [6.45, 7) is 3.48. The molecule has 1 aromatic rings. The summed E-state index contributed by atoms with van der Waals surface area (Å²) in [6.07, 6.45) is 1.61. The molecule has 0 aliphatic rings. The lowest BCUT2D eigenvalue weighted by molar-refractivity contribution is -0.142. The number of esters is 1. The molecule has 1 N–H and O–H groups in total. The van der Waals surface area contributed by atoms with E-state index in [1.165, 1.54) is 25.3 Å². The van der Waals surface area contributed by atoms with Crippen molar-refractivity contribution in [3.8, 4) is 0 Å². The van der Waals surface area contributed by atoms with Crippen LogP contribution in [0.2, 0.25) is 0 Å². The van der Waals surface area contributed by atoms with Crippen LogP contribution in [-0.2, 0) is 19.6 Å². The number of methoxy groups -OCH3 is 1. The molecule has 0 radical (unpaired) electrons. The first-order valence-corrected chi connectivity index (χ1v) is 7.65. The molecule has 19 heavy (non-hydrogen) atoms. The molecule has 1 aromatic carbocycles. The molecule has 0 spiro atoms. The predicted octanol–water partition coefficient (Wildman–Crippen LogP) is 1.85. The molecule has 5 nitrogen and oxygen atoms in total. The normalized spacial score (nSPS) is 12.7. The van der Waals surface area contributed by atoms with E-state index in [-0.39, 0.29) is 11.3 Å². The van der Waals surface area contributed by atoms with Gasteiger partial charge in [0, 0.05) is 4.47 Å². The molecule has 0 saturated heterocycles. The van der Waals surface area contributed by atoms with Crippen LogP contribution in [0.25, 0.3) is 0 Å². The molecular weight excluding hydrogens is 334 g/mol. The van der Waals surface area contributed by atoms with Crippen molar-refractivity contribution in [2.75, 3.05) is 7.11 Å². The smallest absolute Gasteiger partial charge is 0.324 e. The number of benzene rings is 1. The van der Waals surface area contributed by atoms with Gasteiger partial charge in [0.15, 0.2) is 0 Å². The summed E-state index contributed by atoms with van der Waals surface area (Å²) < 4.78 is 31.8. The zero-order valence-corrected chi connectivity index (χ0v) is 12.7. The van der Waals surface area contributed by atoms with E-state index in [1.54, 1.807) is 12.1 Å². The van der Waals surface area contributed by atoms with Crippen LogP contribution in [0.4, 0.5) is 0 Å². The Kier molecular flexibility index (Phi) is 5.71. The number of halogens is 1. The van der Waals surface area contributed by atoms with Crippen LogP contribution in [0.15, 0.2) is 46.3 Å². The molecule has 0 bridgehead atoms. The van der Waals surface area contributed by atoms with Crippen molar-refractivity contribution in [1.29, 1.82) is 0 Å². The zero-order valence-electron chi connectivity index (χ0n) is 10.3. The fourth-order valence-electron chi connectivity index (χ4n) is 1.37. The van der Waals surface area contributed by atoms with Gasteiger partial charge in [-0.15, -0.1) is 6.58 Å². The molecule has 0 fully saturated rings. The summed E-state index contributed by atoms with van der Waals surface area (Å²) in [4.78, 5) is 11.5. The lowest BCUT2D eigenvalue weighted by Gasteiger charge is -2.15. The molecule has 7 heteroatoms. The van der Waals surface area contributed by atoms with Crippen LogP contribution in [0.3, 0.4) is 0 Å². The Morgan fingerprint density at radius 2 is 2.05 bits per heavy atom. The van der Waals surface area contributed by atoms with E-state index in [9.17, 15) is 13.2 Å². The summed E-state index contributed by atoms with van der Waals surface area (Å²) in [7, 11) is -2.57. The molecule has 0 aliphatic carbocycles. The highest BCUT2D eigenvalue weighted by atomic mass is 79.9. The van der Waals surface area contributed by atoms with Gasteiger partial charge in [-0.05, 0) is 30.7 Å². The van der Waals surface area contributed by atoms with Gasteiger partial charge in [-0.2, -0.15) is 4.72 Å². The van der Waals surface area contributed by atoms with Gasteiger partial charge < -0.3 is 4.74 Å². The first-order chi connectivity index (χ1) is 8.90. The summed E-state index contributed by atoms with van der Waals surface area (Å²) in [5.41, 5.74) is 0. The van der Waals surface area contributed by atoms with Gasteiger partial charge in [0.1, 0.15) is 6.04 Å². The van der Waals surface area contributed by atoms with Crippen LogP contribution >= 0.6 is 15.9 Å². The average Bonchev–Trinajstić information content (AvgIpc) is 2.37. The average molecular weight is 348 g/mol. The highest BCUT2D eigenvalue weighted by Crippen LogP contribution is 2.15. The zero-order chi connectivity index (χ0) is 14.5. The second-order valence-electron chi connectivity index (χ2n) is 3.68. The number of rotatable bonds is 6. The van der Waals surface area contributed by atoms with E-state index >= 15 is 0 Å². The van der Waals surface area contributed by atoms with E-state index in [2.05, 4.69) is 32.0 Å². The SMILES string of the molecule is C=CCC(NS(=O)(=O)c1ccc(Br)cc1)C(=O)OC. The van der Waals surface area contributed by atoms with Gasteiger partial charge in [0.25, 0.3) is 0 Å². The number of sulfonamides is 1. The van der Waals surface area contributed by atoms with Crippen molar-refractivity contribution >= 4 is 31.9 Å². The Bertz CT molecular complexity index is 554. The Morgan fingerprint density at radius 1 is 1.47 bits per heavy atom. The summed E-state index contributed by atoms with van der Waals surface area (Å²) in [6, 6.07) is 5.12. The van der Waals surface area contributed by atoms with E-state index in [0.717, 1.165) is 4.47 Å². The van der Waals surface area contributed by atoms with Crippen molar-refractivity contribution in [2.45, 2.75) is 17.4 Å². The maximum Gasteiger partial charge on any atom is 0.324 e. The van der Waals surface area contributed by atoms with Crippen LogP contribution < -0.4 is 4.72 Å². The Hall–Kier alpha value is -1.18. The summed E-state index contributed by atoms with van der Waals surface area (Å²) >= 11 is 3.22. The second kappa shape index (κ2) is 6.83. The lowest BCUT2D eigenvalue weighted by atomic mass is 10.2. The van der Waals surface area contributed by atoms with Crippen molar-refractivity contribution in [1.82, 2.24) is 4.72 Å². The minimum absolute atomic E-state index is 0.0775. The molecule has 0 aliphatic heterocycles. The van der Waals surface area contributed by atoms with Gasteiger partial charge in [0.2, 0.25) is 10.0 Å². The fourth-order valence-corrected chi connectivity index (χ4v) is 2.83. The molecule has 104 valence electrons. The van der Waals surface area contributed by atoms with Crippen molar-refractivity contribution in [3.63, 3.8) is 0 Å². The van der Waals surface area contributed by atoms with Crippen LogP contribution in [-0.4, -0.2) is 27.5 Å². The third-order valence-electron chi connectivity index (χ3n) is 2.31. The number of carbonyl (C=O) groups is 1. The topological polar surface area (TPSA) is 72.5 Å². The highest BCUT2D eigenvalue weighted by molar-refractivity contribution is 9.10. The number of carbonyl (C=O) groups excluding carboxylic acids is 1. The first-order valence-electron chi connectivity index (χ1n) is 5.37. The number of hydrogen-bond acceptors (Lipinski definition) is 4. The monoisotopic (exact) mass is 347 g/mol. The van der Waals surface area contributed by atoms with E-state index < -0.39 is 22.0 Å². The quantitative estimate of drug-likeness (QED) is 0.629. The third-order valence-corrected chi connectivity index (χ3v) is 4.33. The van der Waals surface area contributed by atoms with E-state index in [1.807, 2.05) is 0 Å². The van der Waals surface area contributed by atoms with E-state index in [0.29, 0.717) is 0 Å². The Balaban J connectivity index is 2.96. The predicted molar refractivity (Wildman–Crippen MR) is 75.1 cm³/mol. The third kappa shape index (κ3) is 4.45. The van der Waals surface area contributed by atoms with Gasteiger partial charge in [-0.1, -0.05) is 22.0 Å². The minimum Gasteiger partial charge on any atom is -0.468 e. The van der Waals surface area contributed by atoms with Gasteiger partial charge in [-0.3, -0.25) is 4.79 Å². The molecule has 1 atom stereocenters. The highest BCUT2D eigenvalue weighted by Gasteiger charge is 2.25. The molecular formula is C12H14BrNO4S. The van der Waals surface area contributed by atoms with Crippen molar-refractivity contribution < 1.29 is 17.9 Å². The van der Waals surface area contributed by atoms with Gasteiger partial charge in [-0.25, -0.2) is 8.42 Å². The standard InChI is InChI=1S/C12H14BrNO4S/c1-3-4-11(12(15)18-2)14-19(16,17)10-7-5-9(13)6-8-10/h3,5-8,11,14H,1,4H2,2H3. The fraction of sp³-hybridized carbons (Fsp3) is 0.250. The first kappa shape index (κ1) is 15.9. The van der Waals surface area contributed by atoms with Gasteiger partial charge >= 0.3 is 5.97 Å². The lowest BCUT2D eigenvalue weighted by Crippen LogP contribution is -2.41. The Morgan fingerprint density at radius 3 is 2.53 bits per heavy atom. The maximum atomic E-state index is 12.1. The molecule has 0 aromatic heterocycles.